The Bertz CT molecular complexity index is 460. The lowest BCUT2D eigenvalue weighted by Crippen LogP contribution is -2.55. The Balaban J connectivity index is 4.67. The Morgan fingerprint density at radius 1 is 1.08 bits per heavy atom. The standard InChI is InChI=1S/C14H26N4O5S/c1-2-3-4-8(15)12(20)18-10(7-24)13(21)17-9(14(22)23)5-6-11(16)19/h8-10,24H,2-7,15H2,1H3,(H2,16,19)(H,17,21)(H,18,20)(H,22,23)/t8-,9-,10-/m0/s1. The van der Waals surface area contributed by atoms with Crippen LogP contribution in [0.15, 0.2) is 0 Å². The summed E-state index contributed by atoms with van der Waals surface area (Å²) < 4.78 is 0. The summed E-state index contributed by atoms with van der Waals surface area (Å²) in [6.07, 6.45) is 1.83. The van der Waals surface area contributed by atoms with Crippen LogP contribution in [0.2, 0.25) is 0 Å². The molecule has 0 unspecified atom stereocenters. The highest BCUT2D eigenvalue weighted by atomic mass is 32.1. The van der Waals surface area contributed by atoms with Gasteiger partial charge in [-0.25, -0.2) is 4.79 Å². The summed E-state index contributed by atoms with van der Waals surface area (Å²) in [6, 6.07) is -3.05. The Morgan fingerprint density at radius 3 is 2.12 bits per heavy atom. The highest BCUT2D eigenvalue weighted by Crippen LogP contribution is 2.02. The molecule has 3 amide bonds. The van der Waals surface area contributed by atoms with E-state index in [-0.39, 0.29) is 18.6 Å². The van der Waals surface area contributed by atoms with Crippen molar-refractivity contribution in [3.05, 3.63) is 0 Å². The molecule has 7 N–H and O–H groups in total. The molecule has 0 heterocycles. The first-order valence-electron chi connectivity index (χ1n) is 7.71. The number of nitrogens with two attached hydrogens (primary N) is 2. The zero-order chi connectivity index (χ0) is 18.7. The minimum absolute atomic E-state index is 0.0275. The van der Waals surface area contributed by atoms with E-state index in [0.717, 1.165) is 12.8 Å². The van der Waals surface area contributed by atoms with Gasteiger partial charge in [0.1, 0.15) is 12.1 Å². The first-order chi connectivity index (χ1) is 11.2. The molecule has 24 heavy (non-hydrogen) atoms. The summed E-state index contributed by atoms with van der Waals surface area (Å²) in [6.45, 7) is 1.97. The first-order valence-corrected chi connectivity index (χ1v) is 8.34. The number of hydrogen-bond acceptors (Lipinski definition) is 6. The van der Waals surface area contributed by atoms with E-state index in [1.54, 1.807) is 0 Å². The number of carbonyl (C=O) groups excluding carboxylic acids is 3. The highest BCUT2D eigenvalue weighted by Gasteiger charge is 2.27. The van der Waals surface area contributed by atoms with Crippen molar-refractivity contribution in [3.63, 3.8) is 0 Å². The number of carboxylic acids is 1. The summed E-state index contributed by atoms with van der Waals surface area (Å²) in [7, 11) is 0. The largest absolute Gasteiger partial charge is 0.480 e. The zero-order valence-corrected chi connectivity index (χ0v) is 14.6. The van der Waals surface area contributed by atoms with Crippen molar-refractivity contribution >= 4 is 36.3 Å². The molecule has 0 aromatic heterocycles. The molecule has 3 atom stereocenters. The van der Waals surface area contributed by atoms with Crippen LogP contribution in [-0.2, 0) is 19.2 Å². The fourth-order valence-corrected chi connectivity index (χ4v) is 2.10. The van der Waals surface area contributed by atoms with Gasteiger partial charge in [0.25, 0.3) is 0 Å². The molecule has 0 fully saturated rings. The van der Waals surface area contributed by atoms with Crippen LogP contribution in [0, 0.1) is 0 Å². The van der Waals surface area contributed by atoms with Gasteiger partial charge < -0.3 is 27.2 Å². The van der Waals surface area contributed by atoms with Crippen LogP contribution in [0.4, 0.5) is 0 Å². The second kappa shape index (κ2) is 11.7. The molecule has 0 saturated carbocycles. The summed E-state index contributed by atoms with van der Waals surface area (Å²) >= 11 is 3.99. The van der Waals surface area contributed by atoms with E-state index < -0.39 is 41.8 Å². The van der Waals surface area contributed by atoms with Crippen LogP contribution < -0.4 is 22.1 Å². The number of carbonyl (C=O) groups is 4. The van der Waals surface area contributed by atoms with E-state index in [1.807, 2.05) is 6.92 Å². The van der Waals surface area contributed by atoms with Crippen molar-refractivity contribution in [2.24, 2.45) is 11.5 Å². The lowest BCUT2D eigenvalue weighted by Gasteiger charge is -2.21. The summed E-state index contributed by atoms with van der Waals surface area (Å²) in [4.78, 5) is 45.9. The second-order valence-corrected chi connectivity index (χ2v) is 5.76. The van der Waals surface area contributed by atoms with E-state index in [9.17, 15) is 19.2 Å². The van der Waals surface area contributed by atoms with Crippen molar-refractivity contribution in [2.75, 3.05) is 5.75 Å². The molecule has 0 saturated heterocycles. The quantitative estimate of drug-likeness (QED) is 0.237. The number of primary amides is 1. The number of carboxylic acid groups (broad SMARTS) is 1. The Morgan fingerprint density at radius 2 is 1.67 bits per heavy atom. The van der Waals surface area contributed by atoms with Crippen LogP contribution in [0.3, 0.4) is 0 Å². The monoisotopic (exact) mass is 362 g/mol. The van der Waals surface area contributed by atoms with Gasteiger partial charge in [-0.2, -0.15) is 12.6 Å². The van der Waals surface area contributed by atoms with Gasteiger partial charge in [0, 0.05) is 12.2 Å². The summed E-state index contributed by atoms with van der Waals surface area (Å²) in [5.41, 5.74) is 10.7. The van der Waals surface area contributed by atoms with Gasteiger partial charge >= 0.3 is 5.97 Å². The number of amides is 3. The molecule has 0 aromatic carbocycles. The normalized spacial score (nSPS) is 14.3. The van der Waals surface area contributed by atoms with E-state index in [0.29, 0.717) is 6.42 Å². The predicted molar refractivity (Wildman–Crippen MR) is 91.3 cm³/mol. The van der Waals surface area contributed by atoms with Crippen LogP contribution in [0.25, 0.3) is 0 Å². The summed E-state index contributed by atoms with van der Waals surface area (Å²) in [5.74, 6) is -3.20. The van der Waals surface area contributed by atoms with Crippen molar-refractivity contribution in [2.45, 2.75) is 57.2 Å². The molecule has 0 bridgehead atoms. The molecule has 138 valence electrons. The van der Waals surface area contributed by atoms with Crippen LogP contribution >= 0.6 is 12.6 Å². The third-order valence-corrected chi connectivity index (χ3v) is 3.68. The number of hydrogen-bond donors (Lipinski definition) is 6. The third kappa shape index (κ3) is 8.73. The van der Waals surface area contributed by atoms with Crippen molar-refractivity contribution in [1.29, 1.82) is 0 Å². The van der Waals surface area contributed by atoms with E-state index in [2.05, 4.69) is 23.3 Å². The number of nitrogens with one attached hydrogen (secondary N) is 2. The summed E-state index contributed by atoms with van der Waals surface area (Å²) in [5, 5.41) is 13.8. The van der Waals surface area contributed by atoms with Crippen molar-refractivity contribution < 1.29 is 24.3 Å². The second-order valence-electron chi connectivity index (χ2n) is 5.40. The molecule has 0 aromatic rings. The number of rotatable bonds is 12. The van der Waals surface area contributed by atoms with Crippen LogP contribution in [0.5, 0.6) is 0 Å². The van der Waals surface area contributed by atoms with Crippen molar-refractivity contribution in [3.8, 4) is 0 Å². The molecular formula is C14H26N4O5S. The molecule has 0 aliphatic heterocycles. The van der Waals surface area contributed by atoms with E-state index in [4.69, 9.17) is 16.6 Å². The zero-order valence-electron chi connectivity index (χ0n) is 13.7. The minimum atomic E-state index is -1.30. The first kappa shape index (κ1) is 22.2. The molecule has 0 aliphatic rings. The number of aliphatic carboxylic acids is 1. The Hall–Kier alpha value is -1.81. The molecule has 10 heteroatoms. The average molecular weight is 362 g/mol. The van der Waals surface area contributed by atoms with Gasteiger partial charge in [-0.3, -0.25) is 14.4 Å². The highest BCUT2D eigenvalue weighted by molar-refractivity contribution is 7.80. The van der Waals surface area contributed by atoms with Gasteiger partial charge in [0.05, 0.1) is 6.04 Å². The maximum Gasteiger partial charge on any atom is 0.326 e. The Kier molecular flexibility index (Phi) is 10.8. The Labute approximate surface area is 146 Å². The molecule has 0 rings (SSSR count). The smallest absolute Gasteiger partial charge is 0.326 e. The molecular weight excluding hydrogens is 336 g/mol. The van der Waals surface area contributed by atoms with Gasteiger partial charge in [0.2, 0.25) is 17.7 Å². The molecule has 0 spiro atoms. The molecule has 0 radical (unpaired) electrons. The lowest BCUT2D eigenvalue weighted by atomic mass is 10.1. The maximum absolute atomic E-state index is 12.1. The van der Waals surface area contributed by atoms with E-state index in [1.165, 1.54) is 0 Å². The SMILES string of the molecule is CCCC[C@H](N)C(=O)N[C@@H](CS)C(=O)N[C@@H](CCC(N)=O)C(=O)O. The third-order valence-electron chi connectivity index (χ3n) is 3.32. The topological polar surface area (TPSA) is 165 Å². The predicted octanol–water partition coefficient (Wildman–Crippen LogP) is -1.25. The number of thiol groups is 1. The average Bonchev–Trinajstić information content (AvgIpc) is 2.52. The van der Waals surface area contributed by atoms with Gasteiger partial charge in [-0.1, -0.05) is 19.8 Å². The van der Waals surface area contributed by atoms with Crippen LogP contribution in [0.1, 0.15) is 39.0 Å². The van der Waals surface area contributed by atoms with E-state index >= 15 is 0 Å². The fourth-order valence-electron chi connectivity index (χ4n) is 1.84. The van der Waals surface area contributed by atoms with Crippen molar-refractivity contribution in [1.82, 2.24) is 10.6 Å². The van der Waals surface area contributed by atoms with Gasteiger partial charge in [0.15, 0.2) is 0 Å². The maximum atomic E-state index is 12.1. The minimum Gasteiger partial charge on any atom is -0.480 e. The molecule has 0 aliphatic carbocycles. The number of unbranched alkanes of at least 4 members (excludes halogenated alkanes) is 1. The van der Waals surface area contributed by atoms with Gasteiger partial charge in [-0.15, -0.1) is 0 Å². The lowest BCUT2D eigenvalue weighted by molar-refractivity contribution is -0.142. The molecule has 9 nitrogen and oxygen atoms in total. The fraction of sp³-hybridized carbons (Fsp3) is 0.714. The van der Waals surface area contributed by atoms with Crippen LogP contribution in [-0.4, -0.2) is 52.7 Å². The van der Waals surface area contributed by atoms with Gasteiger partial charge in [-0.05, 0) is 12.8 Å².